The van der Waals surface area contributed by atoms with E-state index < -0.39 is 6.10 Å². The van der Waals surface area contributed by atoms with Crippen LogP contribution in [0.25, 0.3) is 0 Å². The summed E-state index contributed by atoms with van der Waals surface area (Å²) in [7, 11) is 1.77. The minimum absolute atomic E-state index is 0.527. The number of aryl methyl sites for hydroxylation is 1. The van der Waals surface area contributed by atoms with Crippen LogP contribution in [0.4, 0.5) is 5.69 Å². The molecule has 0 radical (unpaired) electrons. The number of hydrogen-bond acceptors (Lipinski definition) is 4. The first kappa shape index (κ1) is 9.67. The van der Waals surface area contributed by atoms with E-state index in [1.165, 1.54) is 0 Å². The summed E-state index contributed by atoms with van der Waals surface area (Å²) in [6.07, 6.45) is 4.00. The Bertz CT molecular complexity index is 466. The summed E-state index contributed by atoms with van der Waals surface area (Å²) >= 11 is 0. The van der Waals surface area contributed by atoms with Crippen molar-refractivity contribution in [1.29, 1.82) is 0 Å². The van der Waals surface area contributed by atoms with Crippen LogP contribution in [0, 0.1) is 0 Å². The van der Waals surface area contributed by atoms with Crippen molar-refractivity contribution in [3.8, 4) is 0 Å². The number of aliphatic hydroxyl groups is 1. The monoisotopic (exact) mass is 204 g/mol. The largest absolute Gasteiger partial charge is 0.398 e. The molecule has 0 saturated carbocycles. The van der Waals surface area contributed by atoms with Crippen molar-refractivity contribution < 1.29 is 5.11 Å². The summed E-state index contributed by atoms with van der Waals surface area (Å²) in [5.41, 5.74) is 7.56. The topological polar surface area (TPSA) is 77.0 Å². The molecule has 0 bridgehead atoms. The van der Waals surface area contributed by atoms with E-state index in [-0.39, 0.29) is 0 Å². The van der Waals surface area contributed by atoms with Gasteiger partial charge in [0.25, 0.3) is 0 Å². The minimum Gasteiger partial charge on any atom is -0.398 e. The number of rotatable bonds is 2. The average molecular weight is 204 g/mol. The van der Waals surface area contributed by atoms with Gasteiger partial charge >= 0.3 is 0 Å². The fraction of sp³-hybridized carbons (Fsp3) is 0.200. The normalized spacial score (nSPS) is 12.7. The lowest BCUT2D eigenvalue weighted by molar-refractivity contribution is 0.210. The highest BCUT2D eigenvalue weighted by Gasteiger charge is 2.16. The quantitative estimate of drug-likeness (QED) is 0.745. The highest BCUT2D eigenvalue weighted by molar-refractivity contribution is 5.47. The van der Waals surface area contributed by atoms with E-state index in [0.29, 0.717) is 16.9 Å². The first-order valence-electron chi connectivity index (χ1n) is 4.55. The van der Waals surface area contributed by atoms with Crippen LogP contribution in [0.5, 0.6) is 0 Å². The van der Waals surface area contributed by atoms with Gasteiger partial charge in [0.05, 0.1) is 5.69 Å². The maximum absolute atomic E-state index is 10.1. The Morgan fingerprint density at radius 3 is 2.80 bits per heavy atom. The van der Waals surface area contributed by atoms with Gasteiger partial charge in [-0.25, -0.2) is 0 Å². The molecule has 0 amide bonds. The number of anilines is 1. The number of pyridine rings is 1. The number of nitrogens with two attached hydrogens (primary N) is 1. The van der Waals surface area contributed by atoms with Gasteiger partial charge in [0.15, 0.2) is 0 Å². The van der Waals surface area contributed by atoms with Gasteiger partial charge in [0.2, 0.25) is 0 Å². The number of nitrogens with zero attached hydrogens (tertiary/aromatic N) is 3. The molecule has 3 N–H and O–H groups in total. The maximum Gasteiger partial charge on any atom is 0.124 e. The van der Waals surface area contributed by atoms with E-state index >= 15 is 0 Å². The molecule has 2 aromatic heterocycles. The molecule has 1 atom stereocenters. The highest BCUT2D eigenvalue weighted by Crippen LogP contribution is 2.24. The van der Waals surface area contributed by atoms with Gasteiger partial charge < -0.3 is 10.8 Å². The van der Waals surface area contributed by atoms with Crippen molar-refractivity contribution in [3.05, 3.63) is 42.0 Å². The summed E-state index contributed by atoms with van der Waals surface area (Å²) in [6.45, 7) is 0. The number of aromatic nitrogens is 3. The molecule has 0 saturated heterocycles. The van der Waals surface area contributed by atoms with Gasteiger partial charge in [0, 0.05) is 36.9 Å². The van der Waals surface area contributed by atoms with Crippen molar-refractivity contribution in [2.75, 3.05) is 5.73 Å². The Morgan fingerprint density at radius 2 is 2.20 bits per heavy atom. The molecule has 5 nitrogen and oxygen atoms in total. The second-order valence-electron chi connectivity index (χ2n) is 3.29. The molecule has 0 fully saturated rings. The second-order valence-corrected chi connectivity index (χ2v) is 3.29. The van der Waals surface area contributed by atoms with E-state index in [4.69, 9.17) is 5.73 Å². The molecule has 1 unspecified atom stereocenters. The standard InChI is InChI=1S/C10H12N4O/c1-14-9(3-5-13-14)10(15)7-6-12-4-2-8(7)11/h2-6,10,15H,1H3,(H2,11,12). The molecule has 2 heterocycles. The Morgan fingerprint density at radius 1 is 1.40 bits per heavy atom. The third kappa shape index (κ3) is 1.69. The fourth-order valence-corrected chi connectivity index (χ4v) is 1.46. The molecule has 0 aliphatic heterocycles. The van der Waals surface area contributed by atoms with Crippen molar-refractivity contribution in [1.82, 2.24) is 14.8 Å². The molecule has 5 heteroatoms. The van der Waals surface area contributed by atoms with Crippen LogP contribution in [-0.4, -0.2) is 19.9 Å². The molecule has 0 aromatic carbocycles. The van der Waals surface area contributed by atoms with Crippen LogP contribution in [0.2, 0.25) is 0 Å². The van der Waals surface area contributed by atoms with E-state index in [0.717, 1.165) is 0 Å². The summed E-state index contributed by atoms with van der Waals surface area (Å²) < 4.78 is 1.61. The molecule has 78 valence electrons. The van der Waals surface area contributed by atoms with Crippen molar-refractivity contribution >= 4 is 5.69 Å². The molecular formula is C10H12N4O. The number of hydrogen-bond donors (Lipinski definition) is 2. The molecule has 0 aliphatic carbocycles. The van der Waals surface area contributed by atoms with Crippen LogP contribution in [0.3, 0.4) is 0 Å². The molecule has 2 aromatic rings. The highest BCUT2D eigenvalue weighted by atomic mass is 16.3. The van der Waals surface area contributed by atoms with Gasteiger partial charge in [-0.3, -0.25) is 9.67 Å². The first-order chi connectivity index (χ1) is 7.20. The average Bonchev–Trinajstić information content (AvgIpc) is 2.64. The Labute approximate surface area is 87.2 Å². The minimum atomic E-state index is -0.786. The lowest BCUT2D eigenvalue weighted by atomic mass is 10.1. The zero-order valence-electron chi connectivity index (χ0n) is 8.33. The van der Waals surface area contributed by atoms with Gasteiger partial charge in [-0.05, 0) is 12.1 Å². The molecule has 0 spiro atoms. The lowest BCUT2D eigenvalue weighted by Gasteiger charge is -2.12. The summed E-state index contributed by atoms with van der Waals surface area (Å²) in [4.78, 5) is 3.94. The Kier molecular flexibility index (Phi) is 2.39. The van der Waals surface area contributed by atoms with Crippen LogP contribution in [0.1, 0.15) is 17.4 Å². The van der Waals surface area contributed by atoms with E-state index in [1.807, 2.05) is 0 Å². The summed E-state index contributed by atoms with van der Waals surface area (Å²) in [5, 5.41) is 14.0. The van der Waals surface area contributed by atoms with Crippen LogP contribution in [0.15, 0.2) is 30.7 Å². The van der Waals surface area contributed by atoms with E-state index in [9.17, 15) is 5.11 Å². The molecule has 0 aliphatic rings. The summed E-state index contributed by atoms with van der Waals surface area (Å²) in [5.74, 6) is 0. The van der Waals surface area contributed by atoms with E-state index in [1.54, 1.807) is 42.5 Å². The smallest absolute Gasteiger partial charge is 0.124 e. The number of aliphatic hydroxyl groups excluding tert-OH is 1. The van der Waals surface area contributed by atoms with Gasteiger partial charge in [0.1, 0.15) is 6.10 Å². The van der Waals surface area contributed by atoms with Crippen molar-refractivity contribution in [2.45, 2.75) is 6.10 Å². The Hall–Kier alpha value is -1.88. The van der Waals surface area contributed by atoms with Gasteiger partial charge in [-0.15, -0.1) is 0 Å². The molecule has 15 heavy (non-hydrogen) atoms. The summed E-state index contributed by atoms with van der Waals surface area (Å²) in [6, 6.07) is 3.41. The second kappa shape index (κ2) is 3.70. The Balaban J connectivity index is 2.41. The van der Waals surface area contributed by atoms with E-state index in [2.05, 4.69) is 10.1 Å². The third-order valence-electron chi connectivity index (χ3n) is 2.32. The SMILES string of the molecule is Cn1nccc1C(O)c1cnccc1N. The first-order valence-corrected chi connectivity index (χ1v) is 4.55. The number of nitrogen functional groups attached to an aromatic ring is 1. The zero-order valence-corrected chi connectivity index (χ0v) is 8.33. The van der Waals surface area contributed by atoms with Crippen LogP contribution in [-0.2, 0) is 7.05 Å². The molecular weight excluding hydrogens is 192 g/mol. The zero-order chi connectivity index (χ0) is 10.8. The lowest BCUT2D eigenvalue weighted by Crippen LogP contribution is -2.09. The predicted octanol–water partition coefficient (Wildman–Crippen LogP) is 0.479. The van der Waals surface area contributed by atoms with Crippen LogP contribution < -0.4 is 5.73 Å². The predicted molar refractivity (Wildman–Crippen MR) is 55.9 cm³/mol. The van der Waals surface area contributed by atoms with Crippen LogP contribution >= 0.6 is 0 Å². The molecule has 2 rings (SSSR count). The van der Waals surface area contributed by atoms with Gasteiger partial charge in [-0.1, -0.05) is 0 Å². The third-order valence-corrected chi connectivity index (χ3v) is 2.32. The van der Waals surface area contributed by atoms with Crippen molar-refractivity contribution in [2.24, 2.45) is 7.05 Å². The maximum atomic E-state index is 10.1. The van der Waals surface area contributed by atoms with Gasteiger partial charge in [-0.2, -0.15) is 5.10 Å². The van der Waals surface area contributed by atoms with Crippen molar-refractivity contribution in [3.63, 3.8) is 0 Å². The fourth-order valence-electron chi connectivity index (χ4n) is 1.46.